The van der Waals surface area contributed by atoms with Crippen LogP contribution in [-0.4, -0.2) is 4.89 Å². The lowest BCUT2D eigenvalue weighted by Gasteiger charge is -2.21. The minimum atomic E-state index is -3.12. The number of rotatable bonds is 6. The van der Waals surface area contributed by atoms with Crippen LogP contribution in [0.15, 0.2) is 66.7 Å². The summed E-state index contributed by atoms with van der Waals surface area (Å²) in [6.07, 6.45) is 0. The van der Waals surface area contributed by atoms with E-state index in [1.807, 2.05) is 30.3 Å². The van der Waals surface area contributed by atoms with Crippen molar-refractivity contribution in [2.75, 3.05) is 0 Å². The molecule has 3 aromatic rings. The van der Waals surface area contributed by atoms with Gasteiger partial charge in [0.1, 0.15) is 5.75 Å². The van der Waals surface area contributed by atoms with E-state index in [0.29, 0.717) is 17.6 Å². The average Bonchev–Trinajstić information content (AvgIpc) is 2.67. The van der Waals surface area contributed by atoms with Gasteiger partial charge in [-0.3, -0.25) is 0 Å². The second-order valence-electron chi connectivity index (χ2n) is 7.53. The number of hydrogen-bond acceptors (Lipinski definition) is 2. The zero-order valence-corrected chi connectivity index (χ0v) is 17.8. The highest BCUT2D eigenvalue weighted by Crippen LogP contribution is 2.45. The molecule has 3 aromatic carbocycles. The van der Waals surface area contributed by atoms with Crippen molar-refractivity contribution in [2.45, 2.75) is 39.5 Å². The maximum Gasteiger partial charge on any atom is 0.365 e. The third-order valence-electron chi connectivity index (χ3n) is 4.95. The Morgan fingerprint density at radius 3 is 1.79 bits per heavy atom. The van der Waals surface area contributed by atoms with Crippen molar-refractivity contribution in [3.8, 4) is 28.0 Å². The fourth-order valence-electron chi connectivity index (χ4n) is 3.69. The smallest absolute Gasteiger partial charge is 0.365 e. The van der Waals surface area contributed by atoms with Gasteiger partial charge in [0.25, 0.3) is 0 Å². The lowest BCUT2D eigenvalue weighted by Crippen LogP contribution is -1.98. The van der Waals surface area contributed by atoms with E-state index in [9.17, 15) is 9.46 Å². The Labute approximate surface area is 168 Å². The van der Waals surface area contributed by atoms with E-state index >= 15 is 0 Å². The Kier molecular flexibility index (Phi) is 6.39. The fourth-order valence-corrected chi connectivity index (χ4v) is 4.04. The van der Waals surface area contributed by atoms with Crippen molar-refractivity contribution in [3.63, 3.8) is 0 Å². The molecule has 0 aliphatic heterocycles. The molecule has 3 nitrogen and oxygen atoms in total. The predicted octanol–water partition coefficient (Wildman–Crippen LogP) is 7.03. The lowest BCUT2D eigenvalue weighted by molar-refractivity contribution is 0.411. The summed E-state index contributed by atoms with van der Waals surface area (Å²) < 4.78 is 17.0. The summed E-state index contributed by atoms with van der Waals surface area (Å²) in [4.78, 5) is 9.48. The summed E-state index contributed by atoms with van der Waals surface area (Å²) >= 11 is 0. The Hall–Kier alpha value is -2.35. The van der Waals surface area contributed by atoms with Crippen molar-refractivity contribution >= 4 is 8.25 Å². The van der Waals surface area contributed by atoms with Crippen molar-refractivity contribution in [2.24, 2.45) is 0 Å². The number of benzene rings is 3. The SMILES string of the molecule is CC(C)c1ccccc1-c1cccc(O[PH](=O)O)c1-c1ccccc1C(C)C. The second kappa shape index (κ2) is 8.77. The standard InChI is InChI=1S/C24H27O3P/c1-16(2)18-10-5-7-12-20(18)22-14-9-15-23(27-28(25)26)24(22)21-13-8-6-11-19(21)17(3)4/h5-17,28H,1-4H3,(H,25,26). The van der Waals surface area contributed by atoms with Gasteiger partial charge >= 0.3 is 8.25 Å². The average molecular weight is 394 g/mol. The molecule has 0 heterocycles. The maximum atomic E-state index is 11.6. The van der Waals surface area contributed by atoms with E-state index in [1.54, 1.807) is 6.07 Å². The molecule has 1 unspecified atom stereocenters. The quantitative estimate of drug-likeness (QED) is 0.457. The van der Waals surface area contributed by atoms with E-state index in [-0.39, 0.29) is 0 Å². The Morgan fingerprint density at radius 1 is 0.714 bits per heavy atom. The molecule has 0 amide bonds. The van der Waals surface area contributed by atoms with Gasteiger partial charge in [-0.05, 0) is 45.7 Å². The van der Waals surface area contributed by atoms with Gasteiger partial charge in [0, 0.05) is 5.56 Å². The molecule has 1 atom stereocenters. The zero-order chi connectivity index (χ0) is 20.3. The molecule has 4 heteroatoms. The molecule has 0 fully saturated rings. The van der Waals surface area contributed by atoms with Crippen LogP contribution in [0.2, 0.25) is 0 Å². The maximum absolute atomic E-state index is 11.6. The summed E-state index contributed by atoms with van der Waals surface area (Å²) in [6, 6.07) is 22.2. The van der Waals surface area contributed by atoms with Crippen molar-refractivity contribution in [1.29, 1.82) is 0 Å². The first-order valence-electron chi connectivity index (χ1n) is 9.62. The number of hydrogen-bond donors (Lipinski definition) is 1. The molecule has 0 saturated heterocycles. The van der Waals surface area contributed by atoms with Gasteiger partial charge in [-0.15, -0.1) is 0 Å². The van der Waals surface area contributed by atoms with Crippen LogP contribution in [0.4, 0.5) is 0 Å². The molecule has 0 bridgehead atoms. The molecule has 0 aromatic heterocycles. The van der Waals surface area contributed by atoms with Crippen molar-refractivity contribution in [3.05, 3.63) is 77.9 Å². The highest BCUT2D eigenvalue weighted by atomic mass is 31.1. The largest absolute Gasteiger partial charge is 0.426 e. The minimum Gasteiger partial charge on any atom is -0.426 e. The molecule has 28 heavy (non-hydrogen) atoms. The van der Waals surface area contributed by atoms with Gasteiger partial charge in [0.05, 0.1) is 0 Å². The van der Waals surface area contributed by atoms with E-state index in [0.717, 1.165) is 22.3 Å². The highest BCUT2D eigenvalue weighted by molar-refractivity contribution is 7.32. The summed E-state index contributed by atoms with van der Waals surface area (Å²) in [5.74, 6) is 1.10. The fraction of sp³-hybridized carbons (Fsp3) is 0.250. The van der Waals surface area contributed by atoms with Crippen LogP contribution in [0, 0.1) is 0 Å². The van der Waals surface area contributed by atoms with Crippen LogP contribution >= 0.6 is 8.25 Å². The van der Waals surface area contributed by atoms with E-state index in [4.69, 9.17) is 4.52 Å². The van der Waals surface area contributed by atoms with Gasteiger partial charge in [-0.25, -0.2) is 4.57 Å². The van der Waals surface area contributed by atoms with Crippen molar-refractivity contribution < 1.29 is 14.0 Å². The first kappa shape index (κ1) is 20.4. The van der Waals surface area contributed by atoms with Crippen LogP contribution in [0.5, 0.6) is 5.75 Å². The third kappa shape index (κ3) is 4.22. The van der Waals surface area contributed by atoms with Crippen LogP contribution in [0.1, 0.15) is 50.7 Å². The first-order chi connectivity index (χ1) is 13.4. The van der Waals surface area contributed by atoms with E-state index in [1.165, 1.54) is 11.1 Å². The molecule has 146 valence electrons. The van der Waals surface area contributed by atoms with Gasteiger partial charge in [0.2, 0.25) is 0 Å². The van der Waals surface area contributed by atoms with Gasteiger partial charge < -0.3 is 9.42 Å². The van der Waals surface area contributed by atoms with Crippen LogP contribution in [-0.2, 0) is 4.57 Å². The second-order valence-corrected chi connectivity index (χ2v) is 8.27. The Morgan fingerprint density at radius 2 is 1.21 bits per heavy atom. The normalized spacial score (nSPS) is 12.4. The van der Waals surface area contributed by atoms with Gasteiger partial charge in [0.15, 0.2) is 0 Å². The van der Waals surface area contributed by atoms with Crippen molar-refractivity contribution in [1.82, 2.24) is 0 Å². The van der Waals surface area contributed by atoms with Crippen LogP contribution < -0.4 is 4.52 Å². The summed E-state index contributed by atoms with van der Waals surface area (Å²) in [5.41, 5.74) is 6.45. The molecule has 0 spiro atoms. The van der Waals surface area contributed by atoms with Gasteiger partial charge in [-0.2, -0.15) is 0 Å². The molecular formula is C24H27O3P. The molecule has 1 N–H and O–H groups in total. The molecule has 0 aliphatic carbocycles. The molecular weight excluding hydrogens is 367 g/mol. The van der Waals surface area contributed by atoms with Gasteiger partial charge in [-0.1, -0.05) is 88.4 Å². The summed E-state index contributed by atoms with van der Waals surface area (Å²) in [7, 11) is -3.12. The monoisotopic (exact) mass is 394 g/mol. The zero-order valence-electron chi connectivity index (χ0n) is 16.8. The van der Waals surface area contributed by atoms with Crippen LogP contribution in [0.3, 0.4) is 0 Å². The predicted molar refractivity (Wildman–Crippen MR) is 117 cm³/mol. The first-order valence-corrected chi connectivity index (χ1v) is 10.9. The minimum absolute atomic E-state index is 0.309. The van der Waals surface area contributed by atoms with E-state index in [2.05, 4.69) is 58.0 Å². The summed E-state index contributed by atoms with van der Waals surface area (Å²) in [5, 5.41) is 0. The molecule has 0 aliphatic rings. The van der Waals surface area contributed by atoms with Crippen LogP contribution in [0.25, 0.3) is 22.3 Å². The molecule has 0 radical (unpaired) electrons. The highest BCUT2D eigenvalue weighted by Gasteiger charge is 2.20. The lowest BCUT2D eigenvalue weighted by atomic mass is 9.85. The third-order valence-corrected chi connectivity index (χ3v) is 5.34. The summed E-state index contributed by atoms with van der Waals surface area (Å²) in [6.45, 7) is 8.65. The molecule has 3 rings (SSSR count). The molecule has 0 saturated carbocycles. The topological polar surface area (TPSA) is 46.5 Å². The Bertz CT molecular complexity index is 993. The van der Waals surface area contributed by atoms with E-state index < -0.39 is 8.25 Å². The Balaban J connectivity index is 2.37.